The van der Waals surface area contributed by atoms with Crippen LogP contribution in [0.5, 0.6) is 5.75 Å². The number of imide groups is 1. The molecule has 0 atom stereocenters. The molecule has 2 aromatic carbocycles. The number of rotatable bonds is 5. The van der Waals surface area contributed by atoms with Crippen molar-refractivity contribution in [1.29, 1.82) is 0 Å². The molecule has 0 spiro atoms. The van der Waals surface area contributed by atoms with Crippen molar-refractivity contribution in [2.75, 3.05) is 43.6 Å². The van der Waals surface area contributed by atoms with Gasteiger partial charge in [-0.15, -0.1) is 0 Å². The van der Waals surface area contributed by atoms with Crippen molar-refractivity contribution < 1.29 is 23.9 Å². The van der Waals surface area contributed by atoms with Gasteiger partial charge in [0.2, 0.25) is 0 Å². The number of anilines is 2. The summed E-state index contributed by atoms with van der Waals surface area (Å²) in [4.78, 5) is 41.0. The Bertz CT molecular complexity index is 1110. The second-order valence-electron chi connectivity index (χ2n) is 7.06. The second kappa shape index (κ2) is 9.20. The number of nitrogens with one attached hydrogen (secondary N) is 1. The number of ether oxygens (including phenoxy) is 2. The van der Waals surface area contributed by atoms with Crippen LogP contribution in [-0.2, 0) is 14.3 Å². The molecule has 2 aromatic rings. The number of hydrogen-bond acceptors (Lipinski definition) is 6. The number of amides is 3. The third kappa shape index (κ3) is 4.17. The van der Waals surface area contributed by atoms with Crippen LogP contribution >= 0.6 is 23.2 Å². The van der Waals surface area contributed by atoms with E-state index in [2.05, 4.69) is 5.32 Å². The number of benzene rings is 2. The molecular weight excluding hydrogens is 457 g/mol. The lowest BCUT2D eigenvalue weighted by Crippen LogP contribution is -2.40. The van der Waals surface area contributed by atoms with Gasteiger partial charge in [-0.1, -0.05) is 23.2 Å². The van der Waals surface area contributed by atoms with E-state index in [0.717, 1.165) is 4.90 Å². The molecule has 0 bridgehead atoms. The third-order valence-electron chi connectivity index (χ3n) is 5.11. The van der Waals surface area contributed by atoms with E-state index in [-0.39, 0.29) is 22.3 Å². The molecule has 2 heterocycles. The molecule has 32 heavy (non-hydrogen) atoms. The van der Waals surface area contributed by atoms with Crippen LogP contribution in [-0.4, -0.2) is 56.0 Å². The molecule has 166 valence electrons. The molecule has 0 aliphatic carbocycles. The maximum absolute atomic E-state index is 13.0. The highest BCUT2D eigenvalue weighted by atomic mass is 35.5. The summed E-state index contributed by atoms with van der Waals surface area (Å²) in [5.41, 5.74) is 1.12. The minimum atomic E-state index is -0.696. The SMILES string of the molecule is COc1ccc(Cl)cc1N1C(=O)C(Cl)=C(Nc2ccc(C(=O)N3CCOCC3)cc2)C1=O. The largest absolute Gasteiger partial charge is 0.495 e. The van der Waals surface area contributed by atoms with Crippen LogP contribution in [0.15, 0.2) is 53.2 Å². The standard InChI is InChI=1S/C22H19Cl2N3O5/c1-31-17-7-4-14(23)12-16(17)27-21(29)18(24)19(22(27)30)25-15-5-2-13(3-6-15)20(28)26-8-10-32-11-9-26/h2-7,12,25H,8-11H2,1H3. The van der Waals surface area contributed by atoms with Gasteiger partial charge in [0.05, 0.1) is 26.0 Å². The number of morpholine rings is 1. The van der Waals surface area contributed by atoms with E-state index >= 15 is 0 Å². The van der Waals surface area contributed by atoms with E-state index in [4.69, 9.17) is 32.7 Å². The highest BCUT2D eigenvalue weighted by Gasteiger charge is 2.40. The highest BCUT2D eigenvalue weighted by Crippen LogP contribution is 2.37. The van der Waals surface area contributed by atoms with Crippen molar-refractivity contribution in [3.8, 4) is 5.75 Å². The number of hydrogen-bond donors (Lipinski definition) is 1. The molecule has 8 nitrogen and oxygen atoms in total. The lowest BCUT2D eigenvalue weighted by atomic mass is 10.1. The van der Waals surface area contributed by atoms with Crippen molar-refractivity contribution >= 4 is 52.3 Å². The first-order chi connectivity index (χ1) is 15.4. The molecule has 1 fully saturated rings. The van der Waals surface area contributed by atoms with Crippen LogP contribution in [0, 0.1) is 0 Å². The van der Waals surface area contributed by atoms with E-state index in [9.17, 15) is 14.4 Å². The zero-order chi connectivity index (χ0) is 22.8. The fraction of sp³-hybridized carbons (Fsp3) is 0.227. The molecule has 0 unspecified atom stereocenters. The first-order valence-corrected chi connectivity index (χ1v) is 10.5. The van der Waals surface area contributed by atoms with Gasteiger partial charge >= 0.3 is 0 Å². The maximum atomic E-state index is 13.0. The third-order valence-corrected chi connectivity index (χ3v) is 5.69. The van der Waals surface area contributed by atoms with E-state index in [1.165, 1.54) is 13.2 Å². The number of methoxy groups -OCH3 is 1. The summed E-state index contributed by atoms with van der Waals surface area (Å²) in [7, 11) is 1.42. The van der Waals surface area contributed by atoms with Crippen molar-refractivity contribution in [3.63, 3.8) is 0 Å². The zero-order valence-electron chi connectivity index (χ0n) is 17.1. The predicted molar refractivity (Wildman–Crippen MR) is 120 cm³/mol. The van der Waals surface area contributed by atoms with E-state index in [1.54, 1.807) is 41.3 Å². The number of carbonyl (C=O) groups is 3. The topological polar surface area (TPSA) is 88.2 Å². The van der Waals surface area contributed by atoms with Crippen LogP contribution in [0.25, 0.3) is 0 Å². The molecule has 0 radical (unpaired) electrons. The van der Waals surface area contributed by atoms with Crippen LogP contribution in [0.2, 0.25) is 5.02 Å². The van der Waals surface area contributed by atoms with Gasteiger partial charge in [0.15, 0.2) is 0 Å². The van der Waals surface area contributed by atoms with Crippen LogP contribution in [0.3, 0.4) is 0 Å². The lowest BCUT2D eigenvalue weighted by molar-refractivity contribution is -0.120. The molecular formula is C22H19Cl2N3O5. The van der Waals surface area contributed by atoms with Crippen LogP contribution < -0.4 is 15.0 Å². The van der Waals surface area contributed by atoms with Gasteiger partial charge in [0.25, 0.3) is 17.7 Å². The zero-order valence-corrected chi connectivity index (χ0v) is 18.6. The Morgan fingerprint density at radius 1 is 1.03 bits per heavy atom. The first-order valence-electron chi connectivity index (χ1n) is 9.77. The predicted octanol–water partition coefficient (Wildman–Crippen LogP) is 3.26. The Labute approximate surface area is 194 Å². The summed E-state index contributed by atoms with van der Waals surface area (Å²) in [6.45, 7) is 2.12. The Kier molecular flexibility index (Phi) is 6.36. The molecule has 0 saturated carbocycles. The average Bonchev–Trinajstić information content (AvgIpc) is 3.02. The lowest BCUT2D eigenvalue weighted by Gasteiger charge is -2.26. The average molecular weight is 476 g/mol. The minimum absolute atomic E-state index is 0.0778. The van der Waals surface area contributed by atoms with Gasteiger partial charge in [-0.2, -0.15) is 0 Å². The second-order valence-corrected chi connectivity index (χ2v) is 7.87. The maximum Gasteiger partial charge on any atom is 0.283 e. The Balaban J connectivity index is 1.53. The van der Waals surface area contributed by atoms with Gasteiger partial charge in [-0.3, -0.25) is 14.4 Å². The normalized spacial score (nSPS) is 16.6. The van der Waals surface area contributed by atoms with Gasteiger partial charge in [-0.05, 0) is 42.5 Å². The van der Waals surface area contributed by atoms with Gasteiger partial charge in [0.1, 0.15) is 16.5 Å². The monoisotopic (exact) mass is 475 g/mol. The van der Waals surface area contributed by atoms with Crippen molar-refractivity contribution in [1.82, 2.24) is 4.90 Å². The molecule has 1 N–H and O–H groups in total. The van der Waals surface area contributed by atoms with Crippen LogP contribution in [0.1, 0.15) is 10.4 Å². The van der Waals surface area contributed by atoms with Gasteiger partial charge < -0.3 is 19.7 Å². The highest BCUT2D eigenvalue weighted by molar-refractivity contribution is 6.53. The summed E-state index contributed by atoms with van der Waals surface area (Å²) in [5.74, 6) is -1.14. The van der Waals surface area contributed by atoms with E-state index in [1.807, 2.05) is 0 Å². The van der Waals surface area contributed by atoms with Gasteiger partial charge in [-0.25, -0.2) is 4.90 Å². The van der Waals surface area contributed by atoms with Gasteiger partial charge in [0, 0.05) is 29.4 Å². The quantitative estimate of drug-likeness (QED) is 0.667. The summed E-state index contributed by atoms with van der Waals surface area (Å²) in [5, 5.41) is 2.96. The molecule has 0 aromatic heterocycles. The Morgan fingerprint density at radius 3 is 2.38 bits per heavy atom. The summed E-state index contributed by atoms with van der Waals surface area (Å²) >= 11 is 12.2. The summed E-state index contributed by atoms with van der Waals surface area (Å²) in [6, 6.07) is 11.2. The number of halogens is 2. The number of carbonyl (C=O) groups excluding carboxylic acids is 3. The fourth-order valence-corrected chi connectivity index (χ4v) is 3.84. The minimum Gasteiger partial charge on any atom is -0.495 e. The van der Waals surface area contributed by atoms with Crippen molar-refractivity contribution in [2.45, 2.75) is 0 Å². The number of nitrogens with zero attached hydrogens (tertiary/aromatic N) is 2. The van der Waals surface area contributed by atoms with Crippen molar-refractivity contribution in [3.05, 3.63) is 63.8 Å². The van der Waals surface area contributed by atoms with Crippen molar-refractivity contribution in [2.24, 2.45) is 0 Å². The fourth-order valence-electron chi connectivity index (χ4n) is 3.46. The molecule has 10 heteroatoms. The van der Waals surface area contributed by atoms with Crippen LogP contribution in [0.4, 0.5) is 11.4 Å². The molecule has 3 amide bonds. The Morgan fingerprint density at radius 2 is 1.72 bits per heavy atom. The summed E-state index contributed by atoms with van der Waals surface area (Å²) < 4.78 is 10.5. The smallest absolute Gasteiger partial charge is 0.283 e. The van der Waals surface area contributed by atoms with E-state index in [0.29, 0.717) is 48.3 Å². The molecule has 2 aliphatic rings. The summed E-state index contributed by atoms with van der Waals surface area (Å²) in [6.07, 6.45) is 0. The first kappa shape index (κ1) is 22.1. The molecule has 2 aliphatic heterocycles. The molecule has 4 rings (SSSR count). The Hall–Kier alpha value is -3.07. The van der Waals surface area contributed by atoms with E-state index < -0.39 is 11.8 Å². The molecule has 1 saturated heterocycles.